The van der Waals surface area contributed by atoms with Gasteiger partial charge in [0.1, 0.15) is 6.23 Å². The van der Waals surface area contributed by atoms with E-state index in [1.807, 2.05) is 0 Å². The van der Waals surface area contributed by atoms with Crippen LogP contribution < -0.4 is 5.32 Å². The van der Waals surface area contributed by atoms with E-state index in [0.29, 0.717) is 0 Å². The quantitative estimate of drug-likeness (QED) is 0.535. The van der Waals surface area contributed by atoms with Crippen molar-refractivity contribution in [2.75, 3.05) is 6.54 Å². The van der Waals surface area contributed by atoms with Gasteiger partial charge in [-0.25, -0.2) is 0 Å². The Balaban J connectivity index is 2.15. The predicted octanol–water partition coefficient (Wildman–Crippen LogP) is 1.25. The number of rotatable bonds is 0. The van der Waals surface area contributed by atoms with E-state index in [9.17, 15) is 5.11 Å². The number of aliphatic hydroxyl groups excluding tert-OH is 1. The third-order valence-corrected chi connectivity index (χ3v) is 2.03. The fourth-order valence-electron chi connectivity index (χ4n) is 1.36. The van der Waals surface area contributed by atoms with Crippen LogP contribution >= 0.6 is 0 Å². The van der Waals surface area contributed by atoms with Crippen molar-refractivity contribution in [1.82, 2.24) is 5.32 Å². The second-order valence-corrected chi connectivity index (χ2v) is 3.03. The van der Waals surface area contributed by atoms with E-state index < -0.39 is 0 Å². The lowest BCUT2D eigenvalue weighted by Crippen LogP contribution is -2.28. The Morgan fingerprint density at radius 3 is 2.60 bits per heavy atom. The lowest BCUT2D eigenvalue weighted by Gasteiger charge is -2.09. The lowest BCUT2D eigenvalue weighted by molar-refractivity contribution is 0.127. The molecule has 0 aromatic heterocycles. The molecule has 2 N–H and O–H groups in total. The average Bonchev–Trinajstić information content (AvgIpc) is 2.02. The first-order chi connectivity index (χ1) is 4.89. The monoisotopic (exact) mass is 143 g/mol. The highest BCUT2D eigenvalue weighted by molar-refractivity contribution is 4.58. The van der Waals surface area contributed by atoms with Crippen LogP contribution in [-0.4, -0.2) is 17.9 Å². The molecule has 2 heteroatoms. The summed E-state index contributed by atoms with van der Waals surface area (Å²) >= 11 is 0. The van der Waals surface area contributed by atoms with Crippen LogP contribution in [0.2, 0.25) is 0 Å². The molecule has 1 atom stereocenters. The molecular weight excluding hydrogens is 126 g/mol. The van der Waals surface area contributed by atoms with E-state index in [1.54, 1.807) is 0 Å². The Morgan fingerprint density at radius 2 is 1.70 bits per heavy atom. The molecule has 0 spiro atoms. The summed E-state index contributed by atoms with van der Waals surface area (Å²) in [7, 11) is 0. The molecular formula is C8H17NO. The first kappa shape index (κ1) is 8.02. The molecule has 0 aromatic carbocycles. The first-order valence-corrected chi connectivity index (χ1v) is 4.31. The Bertz CT molecular complexity index is 75.3. The van der Waals surface area contributed by atoms with Crippen molar-refractivity contribution in [3.05, 3.63) is 0 Å². The summed E-state index contributed by atoms with van der Waals surface area (Å²) in [6.45, 7) is 0.987. The number of hydrogen-bond acceptors (Lipinski definition) is 2. The Morgan fingerprint density at radius 1 is 1.00 bits per heavy atom. The molecule has 0 amide bonds. The number of nitrogens with one attached hydrogen (secondary N) is 1. The van der Waals surface area contributed by atoms with Crippen LogP contribution in [0.5, 0.6) is 0 Å². The zero-order valence-corrected chi connectivity index (χ0v) is 6.47. The fourth-order valence-corrected chi connectivity index (χ4v) is 1.36. The molecule has 0 radical (unpaired) electrons. The Labute approximate surface area is 62.6 Å². The van der Waals surface area contributed by atoms with E-state index in [0.717, 1.165) is 13.0 Å². The van der Waals surface area contributed by atoms with Crippen LogP contribution in [0.1, 0.15) is 38.5 Å². The molecule has 0 bridgehead atoms. The maximum Gasteiger partial charge on any atom is 0.104 e. The summed E-state index contributed by atoms with van der Waals surface area (Å²) in [5.41, 5.74) is 0. The normalized spacial score (nSPS) is 30.3. The minimum absolute atomic E-state index is 0.238. The van der Waals surface area contributed by atoms with Crippen molar-refractivity contribution in [1.29, 1.82) is 0 Å². The van der Waals surface area contributed by atoms with E-state index >= 15 is 0 Å². The average molecular weight is 143 g/mol. The van der Waals surface area contributed by atoms with Gasteiger partial charge in [-0.3, -0.25) is 5.32 Å². The molecule has 0 aliphatic carbocycles. The van der Waals surface area contributed by atoms with Gasteiger partial charge in [-0.05, 0) is 25.8 Å². The van der Waals surface area contributed by atoms with Crippen molar-refractivity contribution < 1.29 is 5.11 Å². The molecule has 1 saturated heterocycles. The molecule has 1 aliphatic heterocycles. The van der Waals surface area contributed by atoms with Crippen LogP contribution in [-0.2, 0) is 0 Å². The number of hydrogen-bond donors (Lipinski definition) is 2. The molecule has 60 valence electrons. The third kappa shape index (κ3) is 3.18. The summed E-state index contributed by atoms with van der Waals surface area (Å²) in [6.07, 6.45) is 7.04. The van der Waals surface area contributed by atoms with Crippen LogP contribution in [0.25, 0.3) is 0 Å². The molecule has 0 saturated carbocycles. The van der Waals surface area contributed by atoms with Crippen molar-refractivity contribution in [2.24, 2.45) is 0 Å². The molecule has 1 rings (SSSR count). The summed E-state index contributed by atoms with van der Waals surface area (Å²) < 4.78 is 0. The summed E-state index contributed by atoms with van der Waals surface area (Å²) in [5, 5.41) is 12.3. The fraction of sp³-hybridized carbons (Fsp3) is 1.00. The SMILES string of the molecule is OC1CCCCCCCN1. The van der Waals surface area contributed by atoms with Gasteiger partial charge in [-0.1, -0.05) is 19.3 Å². The first-order valence-electron chi connectivity index (χ1n) is 4.31. The highest BCUT2D eigenvalue weighted by Crippen LogP contribution is 2.08. The van der Waals surface area contributed by atoms with E-state index in [2.05, 4.69) is 5.32 Å². The minimum atomic E-state index is -0.238. The van der Waals surface area contributed by atoms with Crippen molar-refractivity contribution in [2.45, 2.75) is 44.8 Å². The topological polar surface area (TPSA) is 32.3 Å². The van der Waals surface area contributed by atoms with E-state index in [-0.39, 0.29) is 6.23 Å². The largest absolute Gasteiger partial charge is 0.379 e. The Hall–Kier alpha value is -0.0800. The van der Waals surface area contributed by atoms with Gasteiger partial charge in [-0.15, -0.1) is 0 Å². The molecule has 1 aliphatic rings. The van der Waals surface area contributed by atoms with E-state index in [1.165, 1.54) is 32.1 Å². The van der Waals surface area contributed by atoms with Crippen LogP contribution in [0.3, 0.4) is 0 Å². The summed E-state index contributed by atoms with van der Waals surface area (Å²) in [4.78, 5) is 0. The maximum absolute atomic E-state index is 9.23. The van der Waals surface area contributed by atoms with Gasteiger partial charge in [0.2, 0.25) is 0 Å². The zero-order valence-electron chi connectivity index (χ0n) is 6.47. The minimum Gasteiger partial charge on any atom is -0.379 e. The molecule has 1 unspecified atom stereocenters. The van der Waals surface area contributed by atoms with Crippen molar-refractivity contribution in [3.63, 3.8) is 0 Å². The van der Waals surface area contributed by atoms with Crippen molar-refractivity contribution >= 4 is 0 Å². The second kappa shape index (κ2) is 4.69. The van der Waals surface area contributed by atoms with Crippen LogP contribution in [0, 0.1) is 0 Å². The lowest BCUT2D eigenvalue weighted by atomic mass is 10.1. The molecule has 2 nitrogen and oxygen atoms in total. The van der Waals surface area contributed by atoms with Crippen molar-refractivity contribution in [3.8, 4) is 0 Å². The van der Waals surface area contributed by atoms with Gasteiger partial charge < -0.3 is 5.11 Å². The summed E-state index contributed by atoms with van der Waals surface area (Å²) in [5.74, 6) is 0. The van der Waals surface area contributed by atoms with Gasteiger partial charge >= 0.3 is 0 Å². The van der Waals surface area contributed by atoms with Crippen LogP contribution in [0.4, 0.5) is 0 Å². The van der Waals surface area contributed by atoms with Gasteiger partial charge in [0.05, 0.1) is 0 Å². The van der Waals surface area contributed by atoms with Gasteiger partial charge in [-0.2, -0.15) is 0 Å². The standard InChI is InChI=1S/C8H17NO/c10-8-6-4-2-1-3-5-7-9-8/h8-10H,1-7H2. The second-order valence-electron chi connectivity index (χ2n) is 3.03. The molecule has 10 heavy (non-hydrogen) atoms. The predicted molar refractivity (Wildman–Crippen MR) is 41.7 cm³/mol. The zero-order chi connectivity index (χ0) is 7.23. The summed E-state index contributed by atoms with van der Waals surface area (Å²) in [6, 6.07) is 0. The maximum atomic E-state index is 9.23. The number of aliphatic hydroxyl groups is 1. The van der Waals surface area contributed by atoms with Gasteiger partial charge in [0, 0.05) is 0 Å². The van der Waals surface area contributed by atoms with E-state index in [4.69, 9.17) is 0 Å². The highest BCUT2D eigenvalue weighted by Gasteiger charge is 2.03. The third-order valence-electron chi connectivity index (χ3n) is 2.03. The smallest absolute Gasteiger partial charge is 0.104 e. The molecule has 1 heterocycles. The molecule has 0 aromatic rings. The highest BCUT2D eigenvalue weighted by atomic mass is 16.3. The Kier molecular flexibility index (Phi) is 3.76. The van der Waals surface area contributed by atoms with Crippen LogP contribution in [0.15, 0.2) is 0 Å². The molecule has 1 fully saturated rings. The van der Waals surface area contributed by atoms with Gasteiger partial charge in [0.15, 0.2) is 0 Å². The van der Waals surface area contributed by atoms with Gasteiger partial charge in [0.25, 0.3) is 0 Å².